The maximum Gasteiger partial charge on any atom is 0.321 e. The number of fused-ring (bicyclic) bond motifs is 1. The lowest BCUT2D eigenvalue weighted by Crippen LogP contribution is -2.50. The molecular weight excluding hydrogens is 586 g/mol. The maximum absolute atomic E-state index is 13.7. The van der Waals surface area contributed by atoms with Crippen LogP contribution in [0.4, 0.5) is 16.2 Å². The number of nitrogens with zero attached hydrogens (tertiary/aromatic N) is 3. The number of aryl methyl sites for hydroxylation is 2. The van der Waals surface area contributed by atoms with E-state index in [9.17, 15) is 23.1 Å². The number of ether oxygens (including phenoxy) is 1. The summed E-state index contributed by atoms with van der Waals surface area (Å²) in [5.41, 5.74) is 1.17. The van der Waals surface area contributed by atoms with Crippen molar-refractivity contribution in [2.75, 3.05) is 36.8 Å². The zero-order chi connectivity index (χ0) is 30.8. The number of hydrogen-bond donors (Lipinski definition) is 3. The van der Waals surface area contributed by atoms with Gasteiger partial charge in [0.15, 0.2) is 11.5 Å². The van der Waals surface area contributed by atoms with E-state index in [0.29, 0.717) is 22.2 Å². The number of carbonyl (C=O) groups excluding carboxylic acids is 2. The number of urea groups is 1. The highest BCUT2D eigenvalue weighted by molar-refractivity contribution is 7.92. The van der Waals surface area contributed by atoms with Crippen molar-refractivity contribution in [3.63, 3.8) is 0 Å². The fourth-order valence-electron chi connectivity index (χ4n) is 4.58. The Kier molecular flexibility index (Phi) is 9.34. The molecule has 0 saturated heterocycles. The Morgan fingerprint density at radius 1 is 1.24 bits per heavy atom. The van der Waals surface area contributed by atoms with Gasteiger partial charge < -0.3 is 29.5 Å². The first kappa shape index (κ1) is 31.1. The molecule has 0 spiro atoms. The molecule has 3 amide bonds. The van der Waals surface area contributed by atoms with Gasteiger partial charge in [0.1, 0.15) is 17.5 Å². The lowest BCUT2D eigenvalue weighted by molar-refractivity contribution is 0.0373. The zero-order valence-electron chi connectivity index (χ0n) is 23.9. The number of aromatic nitrogens is 1. The smallest absolute Gasteiger partial charge is 0.321 e. The Labute approximate surface area is 249 Å². The molecule has 2 heterocycles. The molecule has 0 aliphatic carbocycles. The van der Waals surface area contributed by atoms with Crippen LogP contribution in [0.15, 0.2) is 51.9 Å². The van der Waals surface area contributed by atoms with E-state index in [1.807, 2.05) is 6.92 Å². The van der Waals surface area contributed by atoms with Crippen LogP contribution in [-0.4, -0.2) is 79.3 Å². The molecule has 1 aromatic heterocycles. The van der Waals surface area contributed by atoms with Gasteiger partial charge in [-0.1, -0.05) is 29.7 Å². The van der Waals surface area contributed by atoms with Crippen molar-refractivity contribution in [2.24, 2.45) is 5.92 Å². The standard InChI is InChI=1S/C28H34ClN5O7S/c1-16-13-34(17(2)15-35)27(36)22-7-6-8-23(32-42(38,39)21-11-9-20(29)10-12-21)26(22)40-24(16)14-33(5)28(37)30-25-18(3)31-41-19(25)4/h6-12,16-17,24,32,35H,13-15H2,1-5H3,(H,30,37)/t16-,17-,24-/m0/s1. The van der Waals surface area contributed by atoms with Gasteiger partial charge in [-0.15, -0.1) is 0 Å². The van der Waals surface area contributed by atoms with Crippen LogP contribution >= 0.6 is 11.6 Å². The molecule has 0 saturated carbocycles. The Morgan fingerprint density at radius 2 is 1.93 bits per heavy atom. The molecular formula is C28H34ClN5O7S. The predicted octanol–water partition coefficient (Wildman–Crippen LogP) is 4.13. The monoisotopic (exact) mass is 619 g/mol. The summed E-state index contributed by atoms with van der Waals surface area (Å²) in [6, 6.07) is 9.27. The number of amides is 3. The summed E-state index contributed by atoms with van der Waals surface area (Å²) >= 11 is 5.93. The van der Waals surface area contributed by atoms with E-state index in [2.05, 4.69) is 15.2 Å². The summed E-state index contributed by atoms with van der Waals surface area (Å²) in [6.07, 6.45) is -0.674. The first-order valence-electron chi connectivity index (χ1n) is 13.3. The van der Waals surface area contributed by atoms with Crippen molar-refractivity contribution >= 4 is 44.9 Å². The topological polar surface area (TPSA) is 154 Å². The van der Waals surface area contributed by atoms with Crippen LogP contribution in [0.1, 0.15) is 35.7 Å². The molecule has 12 nitrogen and oxygen atoms in total. The van der Waals surface area contributed by atoms with Crippen molar-refractivity contribution in [3.8, 4) is 5.75 Å². The average Bonchev–Trinajstić information content (AvgIpc) is 3.26. The number of likely N-dealkylation sites (N-methyl/N-ethyl adjacent to an activating group) is 1. The average molecular weight is 620 g/mol. The third-order valence-electron chi connectivity index (χ3n) is 7.13. The highest BCUT2D eigenvalue weighted by Crippen LogP contribution is 2.36. The largest absolute Gasteiger partial charge is 0.485 e. The van der Waals surface area contributed by atoms with Crippen LogP contribution in [0.25, 0.3) is 0 Å². The lowest BCUT2D eigenvalue weighted by atomic mass is 9.99. The fraction of sp³-hybridized carbons (Fsp3) is 0.393. The minimum atomic E-state index is -4.08. The SMILES string of the molecule is Cc1noc(C)c1NC(=O)N(C)C[C@@H]1Oc2c(NS(=O)(=O)c3ccc(Cl)cc3)cccc2C(=O)N([C@@H](C)CO)C[C@@H]1C. The number of nitrogens with one attached hydrogen (secondary N) is 2. The first-order valence-corrected chi connectivity index (χ1v) is 15.1. The lowest BCUT2D eigenvalue weighted by Gasteiger charge is -2.38. The van der Waals surface area contributed by atoms with E-state index in [0.717, 1.165) is 0 Å². The van der Waals surface area contributed by atoms with E-state index in [1.54, 1.807) is 33.9 Å². The van der Waals surface area contributed by atoms with Crippen LogP contribution in [0, 0.1) is 19.8 Å². The molecule has 42 heavy (non-hydrogen) atoms. The highest BCUT2D eigenvalue weighted by Gasteiger charge is 2.35. The molecule has 226 valence electrons. The van der Waals surface area contributed by atoms with Gasteiger partial charge in [0.25, 0.3) is 15.9 Å². The highest BCUT2D eigenvalue weighted by atomic mass is 35.5. The van der Waals surface area contributed by atoms with Crippen LogP contribution in [0.3, 0.4) is 0 Å². The quantitative estimate of drug-likeness (QED) is 0.340. The summed E-state index contributed by atoms with van der Waals surface area (Å²) in [6.45, 7) is 7.02. The van der Waals surface area contributed by atoms with E-state index in [1.165, 1.54) is 46.2 Å². The van der Waals surface area contributed by atoms with Gasteiger partial charge >= 0.3 is 6.03 Å². The summed E-state index contributed by atoms with van der Waals surface area (Å²) in [5, 5.41) is 16.9. The van der Waals surface area contributed by atoms with Gasteiger partial charge in [-0.2, -0.15) is 0 Å². The normalized spacial score (nSPS) is 17.9. The molecule has 14 heteroatoms. The molecule has 1 aliphatic heterocycles. The zero-order valence-corrected chi connectivity index (χ0v) is 25.5. The van der Waals surface area contributed by atoms with Crippen LogP contribution in [0.2, 0.25) is 5.02 Å². The van der Waals surface area contributed by atoms with Crippen molar-refractivity contribution in [3.05, 3.63) is 64.5 Å². The first-order chi connectivity index (χ1) is 19.8. The Bertz CT molecular complexity index is 1540. The molecule has 1 aliphatic rings. The fourth-order valence-corrected chi connectivity index (χ4v) is 5.76. The van der Waals surface area contributed by atoms with E-state index >= 15 is 0 Å². The van der Waals surface area contributed by atoms with Gasteiger partial charge in [0.2, 0.25) is 0 Å². The number of para-hydroxylation sites is 1. The minimum absolute atomic E-state index is 0.0197. The second-order valence-corrected chi connectivity index (χ2v) is 12.5. The summed E-state index contributed by atoms with van der Waals surface area (Å²) in [5.74, 6) is -0.269. The molecule has 4 rings (SSSR count). The number of benzene rings is 2. The molecule has 0 bridgehead atoms. The van der Waals surface area contributed by atoms with Crippen LogP contribution in [0.5, 0.6) is 5.75 Å². The van der Waals surface area contributed by atoms with E-state index in [4.69, 9.17) is 20.9 Å². The number of sulfonamides is 1. The van der Waals surface area contributed by atoms with Crippen molar-refractivity contribution in [2.45, 2.75) is 44.7 Å². The van der Waals surface area contributed by atoms with Crippen LogP contribution in [-0.2, 0) is 10.0 Å². The number of aliphatic hydroxyl groups is 1. The molecule has 3 aromatic rings. The summed E-state index contributed by atoms with van der Waals surface area (Å²) in [4.78, 5) is 29.7. The maximum atomic E-state index is 13.7. The van der Waals surface area contributed by atoms with Gasteiger partial charge in [-0.3, -0.25) is 9.52 Å². The summed E-state index contributed by atoms with van der Waals surface area (Å²) < 4.78 is 40.6. The van der Waals surface area contributed by atoms with Crippen molar-refractivity contribution in [1.82, 2.24) is 15.0 Å². The molecule has 0 unspecified atom stereocenters. The Balaban J connectivity index is 1.70. The van der Waals surface area contributed by atoms with Crippen molar-refractivity contribution in [1.29, 1.82) is 0 Å². The number of halogens is 1. The summed E-state index contributed by atoms with van der Waals surface area (Å²) in [7, 11) is -2.49. The number of hydrogen-bond acceptors (Lipinski definition) is 8. The molecule has 3 N–H and O–H groups in total. The number of carbonyl (C=O) groups is 2. The van der Waals surface area contributed by atoms with Gasteiger partial charge in [0, 0.05) is 24.5 Å². The number of anilines is 2. The molecule has 0 radical (unpaired) electrons. The van der Waals surface area contributed by atoms with Gasteiger partial charge in [0.05, 0.1) is 35.3 Å². The second-order valence-electron chi connectivity index (χ2n) is 10.4. The van der Waals surface area contributed by atoms with Gasteiger partial charge in [-0.25, -0.2) is 13.2 Å². The molecule has 2 aromatic carbocycles. The number of aliphatic hydroxyl groups excluding tert-OH is 1. The Hall–Kier alpha value is -3.81. The molecule has 3 atom stereocenters. The predicted molar refractivity (Wildman–Crippen MR) is 157 cm³/mol. The van der Waals surface area contributed by atoms with Crippen LogP contribution < -0.4 is 14.8 Å². The second kappa shape index (κ2) is 12.6. The number of rotatable bonds is 8. The minimum Gasteiger partial charge on any atom is -0.485 e. The Morgan fingerprint density at radius 3 is 2.55 bits per heavy atom. The van der Waals surface area contributed by atoms with E-state index < -0.39 is 34.1 Å². The van der Waals surface area contributed by atoms with Gasteiger partial charge in [-0.05, 0) is 57.2 Å². The van der Waals surface area contributed by atoms with E-state index in [-0.39, 0.29) is 47.5 Å². The molecule has 0 fully saturated rings. The third kappa shape index (κ3) is 6.63. The third-order valence-corrected chi connectivity index (χ3v) is 8.76. The van der Waals surface area contributed by atoms with Crippen molar-refractivity contribution < 1.29 is 32.4 Å².